The molecule has 7 heteroatoms. The minimum absolute atomic E-state index is 0.0447. The second-order valence-corrected chi connectivity index (χ2v) is 6.21. The number of para-hydroxylation sites is 1. The number of likely N-dealkylation sites (tertiary alicyclic amines) is 1. The standard InChI is InChI=1S/C17H20N4O3/c1-11-3-2-4-13-15(11)19-10-21(17(13)24)9-14(22)20-7-5-12(6-8-20)16(18)23/h2-4,10,12H,5-9H2,1H3,(H2,18,23). The lowest BCUT2D eigenvalue weighted by atomic mass is 9.96. The second kappa shape index (κ2) is 6.43. The Morgan fingerprint density at radius 3 is 2.67 bits per heavy atom. The van der Waals surface area contributed by atoms with Gasteiger partial charge in [-0.3, -0.25) is 19.0 Å². The summed E-state index contributed by atoms with van der Waals surface area (Å²) in [5.41, 5.74) is 6.67. The molecule has 2 heterocycles. The highest BCUT2D eigenvalue weighted by molar-refractivity contribution is 5.81. The molecule has 1 saturated heterocycles. The Morgan fingerprint density at radius 1 is 1.29 bits per heavy atom. The molecule has 0 aliphatic carbocycles. The second-order valence-electron chi connectivity index (χ2n) is 6.21. The van der Waals surface area contributed by atoms with E-state index in [1.807, 2.05) is 19.1 Å². The predicted molar refractivity (Wildman–Crippen MR) is 89.2 cm³/mol. The first-order valence-electron chi connectivity index (χ1n) is 7.99. The number of fused-ring (bicyclic) bond motifs is 1. The van der Waals surface area contributed by atoms with Crippen molar-refractivity contribution in [3.8, 4) is 0 Å². The molecule has 24 heavy (non-hydrogen) atoms. The lowest BCUT2D eigenvalue weighted by Crippen LogP contribution is -2.43. The molecule has 126 valence electrons. The van der Waals surface area contributed by atoms with Gasteiger partial charge in [-0.15, -0.1) is 0 Å². The van der Waals surface area contributed by atoms with Gasteiger partial charge in [0, 0.05) is 19.0 Å². The van der Waals surface area contributed by atoms with Gasteiger partial charge in [0.1, 0.15) is 6.54 Å². The summed E-state index contributed by atoms with van der Waals surface area (Å²) in [6.07, 6.45) is 2.57. The van der Waals surface area contributed by atoms with Gasteiger partial charge in [-0.05, 0) is 31.4 Å². The molecule has 3 rings (SSSR count). The van der Waals surface area contributed by atoms with Crippen molar-refractivity contribution < 1.29 is 9.59 Å². The van der Waals surface area contributed by atoms with Crippen molar-refractivity contribution >= 4 is 22.7 Å². The molecule has 0 saturated carbocycles. The molecule has 2 N–H and O–H groups in total. The Bertz CT molecular complexity index is 851. The molecule has 0 radical (unpaired) electrons. The minimum Gasteiger partial charge on any atom is -0.369 e. The van der Waals surface area contributed by atoms with Gasteiger partial charge in [0.15, 0.2) is 0 Å². The molecule has 1 aromatic heterocycles. The maximum atomic E-state index is 12.5. The molecule has 1 aliphatic heterocycles. The zero-order chi connectivity index (χ0) is 17.3. The van der Waals surface area contributed by atoms with Crippen molar-refractivity contribution in [1.29, 1.82) is 0 Å². The molecule has 1 fully saturated rings. The fourth-order valence-electron chi connectivity index (χ4n) is 3.11. The fourth-order valence-corrected chi connectivity index (χ4v) is 3.11. The number of rotatable bonds is 3. The van der Waals surface area contributed by atoms with E-state index < -0.39 is 0 Å². The number of aryl methyl sites for hydroxylation is 1. The van der Waals surface area contributed by atoms with Gasteiger partial charge in [-0.2, -0.15) is 0 Å². The van der Waals surface area contributed by atoms with Gasteiger partial charge < -0.3 is 10.6 Å². The highest BCUT2D eigenvalue weighted by Crippen LogP contribution is 2.17. The number of nitrogens with two attached hydrogens (primary N) is 1. The topological polar surface area (TPSA) is 98.3 Å². The molecule has 1 aliphatic rings. The number of carbonyl (C=O) groups excluding carboxylic acids is 2. The van der Waals surface area contributed by atoms with Gasteiger partial charge in [0.25, 0.3) is 5.56 Å². The average Bonchev–Trinajstić information content (AvgIpc) is 2.58. The summed E-state index contributed by atoms with van der Waals surface area (Å²) in [6, 6.07) is 5.42. The Balaban J connectivity index is 1.76. The van der Waals surface area contributed by atoms with E-state index in [1.54, 1.807) is 11.0 Å². The van der Waals surface area contributed by atoms with E-state index in [2.05, 4.69) is 4.98 Å². The van der Waals surface area contributed by atoms with E-state index in [9.17, 15) is 14.4 Å². The van der Waals surface area contributed by atoms with Gasteiger partial charge in [0.2, 0.25) is 11.8 Å². The monoisotopic (exact) mass is 328 g/mol. The van der Waals surface area contributed by atoms with E-state index in [1.165, 1.54) is 10.9 Å². The molecule has 2 aromatic rings. The van der Waals surface area contributed by atoms with Crippen LogP contribution in [0.1, 0.15) is 18.4 Å². The van der Waals surface area contributed by atoms with Gasteiger partial charge in [-0.1, -0.05) is 12.1 Å². The first-order valence-corrected chi connectivity index (χ1v) is 7.99. The van der Waals surface area contributed by atoms with Crippen LogP contribution in [-0.4, -0.2) is 39.4 Å². The van der Waals surface area contributed by atoms with Crippen LogP contribution in [0.25, 0.3) is 10.9 Å². The summed E-state index contributed by atoms with van der Waals surface area (Å²) < 4.78 is 1.34. The molecule has 7 nitrogen and oxygen atoms in total. The zero-order valence-corrected chi connectivity index (χ0v) is 13.6. The van der Waals surface area contributed by atoms with Crippen LogP contribution in [0.15, 0.2) is 29.3 Å². The number of hydrogen-bond donors (Lipinski definition) is 1. The summed E-state index contributed by atoms with van der Waals surface area (Å²) in [6.45, 7) is 2.83. The van der Waals surface area contributed by atoms with Crippen molar-refractivity contribution in [2.24, 2.45) is 11.7 Å². The van der Waals surface area contributed by atoms with Crippen molar-refractivity contribution in [2.45, 2.75) is 26.3 Å². The van der Waals surface area contributed by atoms with Crippen LogP contribution < -0.4 is 11.3 Å². The summed E-state index contributed by atoms with van der Waals surface area (Å²) in [5, 5.41) is 0.512. The molecule has 2 amide bonds. The molecule has 0 spiro atoms. The largest absolute Gasteiger partial charge is 0.369 e. The third-order valence-electron chi connectivity index (χ3n) is 4.61. The van der Waals surface area contributed by atoms with Crippen molar-refractivity contribution in [3.05, 3.63) is 40.4 Å². The Kier molecular flexibility index (Phi) is 4.33. The van der Waals surface area contributed by atoms with E-state index >= 15 is 0 Å². The quantitative estimate of drug-likeness (QED) is 0.883. The fraction of sp³-hybridized carbons (Fsp3) is 0.412. The van der Waals surface area contributed by atoms with E-state index in [0.29, 0.717) is 36.8 Å². The number of amides is 2. The zero-order valence-electron chi connectivity index (χ0n) is 13.6. The van der Waals surface area contributed by atoms with Crippen LogP contribution in [0.2, 0.25) is 0 Å². The van der Waals surface area contributed by atoms with Gasteiger partial charge in [-0.25, -0.2) is 4.98 Å². The van der Waals surface area contributed by atoms with Crippen LogP contribution in [0.5, 0.6) is 0 Å². The third-order valence-corrected chi connectivity index (χ3v) is 4.61. The maximum Gasteiger partial charge on any atom is 0.261 e. The Labute approximate surface area is 139 Å². The number of nitrogens with zero attached hydrogens (tertiary/aromatic N) is 3. The van der Waals surface area contributed by atoms with Crippen molar-refractivity contribution in [3.63, 3.8) is 0 Å². The molecule has 0 bridgehead atoms. The van der Waals surface area contributed by atoms with Crippen LogP contribution in [0, 0.1) is 12.8 Å². The first kappa shape index (κ1) is 16.2. The first-order chi connectivity index (χ1) is 11.5. The number of piperidine rings is 1. The molecule has 0 unspecified atom stereocenters. The Morgan fingerprint density at radius 2 is 2.00 bits per heavy atom. The molecule has 0 atom stereocenters. The Hall–Kier alpha value is -2.70. The molecule has 1 aromatic carbocycles. The van der Waals surface area contributed by atoms with Crippen molar-refractivity contribution in [2.75, 3.05) is 13.1 Å². The van der Waals surface area contributed by atoms with E-state index in [4.69, 9.17) is 5.73 Å². The number of primary amides is 1. The van der Waals surface area contributed by atoms with E-state index in [-0.39, 0.29) is 29.8 Å². The lowest BCUT2D eigenvalue weighted by Gasteiger charge is -2.30. The number of hydrogen-bond acceptors (Lipinski definition) is 4. The average molecular weight is 328 g/mol. The SMILES string of the molecule is Cc1cccc2c(=O)n(CC(=O)N3CCC(C(N)=O)CC3)cnc12. The van der Waals surface area contributed by atoms with E-state index in [0.717, 1.165) is 5.56 Å². The smallest absolute Gasteiger partial charge is 0.261 e. The minimum atomic E-state index is -0.313. The summed E-state index contributed by atoms with van der Waals surface area (Å²) in [5.74, 6) is -0.622. The molecular weight excluding hydrogens is 308 g/mol. The van der Waals surface area contributed by atoms with Gasteiger partial charge in [0.05, 0.1) is 17.2 Å². The highest BCUT2D eigenvalue weighted by Gasteiger charge is 2.26. The summed E-state index contributed by atoms with van der Waals surface area (Å²) >= 11 is 0. The normalized spacial score (nSPS) is 15.6. The third kappa shape index (κ3) is 3.02. The highest BCUT2D eigenvalue weighted by atomic mass is 16.2. The predicted octanol–water partition coefficient (Wildman–Crippen LogP) is 0.429. The number of benzene rings is 1. The van der Waals surface area contributed by atoms with Crippen LogP contribution in [0.3, 0.4) is 0 Å². The maximum absolute atomic E-state index is 12.5. The van der Waals surface area contributed by atoms with Gasteiger partial charge >= 0.3 is 0 Å². The van der Waals surface area contributed by atoms with Crippen LogP contribution in [-0.2, 0) is 16.1 Å². The van der Waals surface area contributed by atoms with Crippen LogP contribution >= 0.6 is 0 Å². The molecular formula is C17H20N4O3. The lowest BCUT2D eigenvalue weighted by molar-refractivity contribution is -0.135. The number of carbonyl (C=O) groups is 2. The number of aromatic nitrogens is 2. The summed E-state index contributed by atoms with van der Waals surface area (Å²) in [4.78, 5) is 42.1. The van der Waals surface area contributed by atoms with Crippen molar-refractivity contribution in [1.82, 2.24) is 14.5 Å². The summed E-state index contributed by atoms with van der Waals surface area (Å²) in [7, 11) is 0. The van der Waals surface area contributed by atoms with Crippen LogP contribution in [0.4, 0.5) is 0 Å².